The molecule has 2 amide bonds. The van der Waals surface area contributed by atoms with E-state index in [9.17, 15) is 18.4 Å². The van der Waals surface area contributed by atoms with E-state index in [2.05, 4.69) is 10.3 Å². The van der Waals surface area contributed by atoms with E-state index in [1.165, 1.54) is 12.1 Å². The Morgan fingerprint density at radius 1 is 1.08 bits per heavy atom. The number of pyridine rings is 1. The van der Waals surface area contributed by atoms with E-state index in [4.69, 9.17) is 11.6 Å². The highest BCUT2D eigenvalue weighted by atomic mass is 35.5. The molecule has 6 rings (SSSR count). The molecule has 1 aromatic heterocycles. The second-order valence-corrected chi connectivity index (χ2v) is 11.2. The third kappa shape index (κ3) is 4.73. The predicted molar refractivity (Wildman–Crippen MR) is 147 cm³/mol. The van der Waals surface area contributed by atoms with Crippen LogP contribution >= 0.6 is 11.6 Å². The summed E-state index contributed by atoms with van der Waals surface area (Å²) in [5.74, 6) is -1.88. The van der Waals surface area contributed by atoms with Crippen LogP contribution in [0.25, 0.3) is 16.7 Å². The summed E-state index contributed by atoms with van der Waals surface area (Å²) in [5, 5.41) is 3.00. The highest BCUT2D eigenvalue weighted by Crippen LogP contribution is 2.52. The van der Waals surface area contributed by atoms with Crippen LogP contribution in [-0.2, 0) is 9.59 Å². The first kappa shape index (κ1) is 25.7. The van der Waals surface area contributed by atoms with Crippen molar-refractivity contribution < 1.29 is 18.4 Å². The number of amides is 2. The molecule has 1 aliphatic carbocycles. The van der Waals surface area contributed by atoms with Gasteiger partial charge in [-0.05, 0) is 93.0 Å². The SMILES string of the molecule is Cc1ccc2c(c1)-c1ccnc(c1)[C@@H](N1CCC(c3c(F)ccc(Cl)c3F)=CC1=O)CCCC1(CC1)C(=O)N2. The van der Waals surface area contributed by atoms with Crippen molar-refractivity contribution in [1.82, 2.24) is 9.88 Å². The van der Waals surface area contributed by atoms with E-state index in [-0.39, 0.29) is 46.8 Å². The van der Waals surface area contributed by atoms with Gasteiger partial charge in [0, 0.05) is 35.5 Å². The Morgan fingerprint density at radius 3 is 2.67 bits per heavy atom. The fourth-order valence-electron chi connectivity index (χ4n) is 5.88. The standard InChI is InChI=1S/C31H28ClF2N3O2/c1-18-4-7-24-21(15-18)19-8-13-35-25(16-19)26(3-2-10-31(11-12-31)30(39)36-24)37-14-9-20(17-27(37)38)28-23(33)6-5-22(32)29(28)34/h4-8,13,15-17,26H,2-3,9-12,14H2,1H3,(H,36,39)/t26-/m0/s1. The van der Waals surface area contributed by atoms with Gasteiger partial charge in [-0.1, -0.05) is 23.2 Å². The molecule has 200 valence electrons. The number of rotatable bonds is 2. The van der Waals surface area contributed by atoms with Gasteiger partial charge in [-0.15, -0.1) is 0 Å². The van der Waals surface area contributed by atoms with Gasteiger partial charge in [0.2, 0.25) is 11.8 Å². The van der Waals surface area contributed by atoms with Gasteiger partial charge in [0.05, 0.1) is 22.3 Å². The number of fused-ring (bicyclic) bond motifs is 4. The van der Waals surface area contributed by atoms with Gasteiger partial charge < -0.3 is 10.2 Å². The highest BCUT2D eigenvalue weighted by Gasteiger charge is 2.49. The van der Waals surface area contributed by atoms with Gasteiger partial charge in [-0.2, -0.15) is 0 Å². The summed E-state index contributed by atoms with van der Waals surface area (Å²) < 4.78 is 29.2. The lowest BCUT2D eigenvalue weighted by Crippen LogP contribution is -2.38. The lowest BCUT2D eigenvalue weighted by atomic mass is 9.91. The Kier molecular flexibility index (Phi) is 6.50. The van der Waals surface area contributed by atoms with E-state index in [0.29, 0.717) is 12.0 Å². The van der Waals surface area contributed by atoms with Crippen molar-refractivity contribution >= 4 is 34.7 Å². The molecule has 0 unspecified atom stereocenters. The van der Waals surface area contributed by atoms with Gasteiger partial charge >= 0.3 is 0 Å². The molecule has 8 heteroatoms. The van der Waals surface area contributed by atoms with Crippen molar-refractivity contribution in [2.75, 3.05) is 11.9 Å². The number of halogens is 3. The van der Waals surface area contributed by atoms with Crippen molar-refractivity contribution in [3.05, 3.63) is 88.2 Å². The first-order valence-electron chi connectivity index (χ1n) is 13.3. The molecule has 3 aromatic rings. The Bertz CT molecular complexity index is 1530. The summed E-state index contributed by atoms with van der Waals surface area (Å²) in [6.07, 6.45) is 7.10. The minimum Gasteiger partial charge on any atom is -0.330 e. The number of aryl methyl sites for hydroxylation is 1. The van der Waals surface area contributed by atoms with Crippen LogP contribution in [0.4, 0.5) is 14.5 Å². The molecule has 1 atom stereocenters. The second kappa shape index (κ2) is 9.87. The van der Waals surface area contributed by atoms with Crippen molar-refractivity contribution in [1.29, 1.82) is 0 Å². The average molecular weight is 548 g/mol. The number of nitrogens with zero attached hydrogens (tertiary/aromatic N) is 2. The maximum absolute atomic E-state index is 14.7. The molecule has 1 saturated carbocycles. The van der Waals surface area contributed by atoms with Crippen LogP contribution in [-0.4, -0.2) is 28.2 Å². The molecule has 2 aliphatic heterocycles. The van der Waals surface area contributed by atoms with E-state index >= 15 is 0 Å². The lowest BCUT2D eigenvalue weighted by molar-refractivity contribution is -0.129. The predicted octanol–water partition coefficient (Wildman–Crippen LogP) is 7.25. The van der Waals surface area contributed by atoms with Gasteiger partial charge in [0.1, 0.15) is 5.82 Å². The Labute approximate surface area is 230 Å². The summed E-state index contributed by atoms with van der Waals surface area (Å²) in [6.45, 7) is 2.29. The van der Waals surface area contributed by atoms with Crippen LogP contribution in [0, 0.1) is 24.0 Å². The zero-order chi connectivity index (χ0) is 27.3. The molecule has 0 saturated heterocycles. The number of nitrogens with one attached hydrogen (secondary N) is 1. The zero-order valence-corrected chi connectivity index (χ0v) is 22.3. The molecular weight excluding hydrogens is 520 g/mol. The van der Waals surface area contributed by atoms with Crippen LogP contribution in [0.2, 0.25) is 5.02 Å². The molecule has 2 aromatic carbocycles. The molecular formula is C31H28ClF2N3O2. The number of benzene rings is 2. The van der Waals surface area contributed by atoms with Crippen molar-refractivity contribution in [3.63, 3.8) is 0 Å². The lowest BCUT2D eigenvalue weighted by Gasteiger charge is -2.35. The van der Waals surface area contributed by atoms with Gasteiger partial charge in [0.25, 0.3) is 0 Å². The average Bonchev–Trinajstić information content (AvgIpc) is 3.71. The Hall–Kier alpha value is -3.58. The topological polar surface area (TPSA) is 62.3 Å². The first-order chi connectivity index (χ1) is 18.8. The monoisotopic (exact) mass is 547 g/mol. The first-order valence-corrected chi connectivity index (χ1v) is 13.7. The summed E-state index contributed by atoms with van der Waals surface area (Å²) in [6, 6.07) is 11.8. The van der Waals surface area contributed by atoms with Crippen molar-refractivity contribution in [2.45, 2.75) is 51.5 Å². The van der Waals surface area contributed by atoms with Gasteiger partial charge in [-0.3, -0.25) is 14.6 Å². The van der Waals surface area contributed by atoms with Gasteiger partial charge in [0.15, 0.2) is 5.82 Å². The molecule has 39 heavy (non-hydrogen) atoms. The maximum Gasteiger partial charge on any atom is 0.247 e. The van der Waals surface area contributed by atoms with Crippen LogP contribution < -0.4 is 5.32 Å². The smallest absolute Gasteiger partial charge is 0.247 e. The number of hydrogen-bond donors (Lipinski definition) is 1. The maximum atomic E-state index is 14.7. The number of aromatic nitrogens is 1. The summed E-state index contributed by atoms with van der Waals surface area (Å²) >= 11 is 5.90. The zero-order valence-electron chi connectivity index (χ0n) is 21.6. The van der Waals surface area contributed by atoms with Crippen LogP contribution in [0.5, 0.6) is 0 Å². The second-order valence-electron chi connectivity index (χ2n) is 10.8. The summed E-state index contributed by atoms with van der Waals surface area (Å²) in [4.78, 5) is 33.2. The fourth-order valence-corrected chi connectivity index (χ4v) is 6.04. The van der Waals surface area contributed by atoms with Crippen LogP contribution in [0.3, 0.4) is 0 Å². The van der Waals surface area contributed by atoms with Crippen LogP contribution in [0.15, 0.2) is 54.7 Å². The van der Waals surface area contributed by atoms with E-state index < -0.39 is 11.6 Å². The van der Waals surface area contributed by atoms with E-state index in [1.807, 2.05) is 37.3 Å². The quantitative estimate of drug-likeness (QED) is 0.344. The third-order valence-corrected chi connectivity index (χ3v) is 8.56. The fraction of sp³-hybridized carbons (Fsp3) is 0.323. The molecule has 1 spiro atoms. The minimum absolute atomic E-state index is 0.0474. The molecule has 0 radical (unpaired) electrons. The van der Waals surface area contributed by atoms with E-state index in [1.54, 1.807) is 11.1 Å². The molecule has 2 bridgehead atoms. The van der Waals surface area contributed by atoms with Crippen molar-refractivity contribution in [3.8, 4) is 11.1 Å². The Morgan fingerprint density at radius 2 is 1.90 bits per heavy atom. The molecule has 5 nitrogen and oxygen atoms in total. The molecule has 1 fully saturated rings. The minimum atomic E-state index is -0.855. The third-order valence-electron chi connectivity index (χ3n) is 8.27. The highest BCUT2D eigenvalue weighted by molar-refractivity contribution is 6.31. The molecule has 3 heterocycles. The number of hydrogen-bond acceptors (Lipinski definition) is 3. The van der Waals surface area contributed by atoms with Crippen LogP contribution in [0.1, 0.15) is 61.4 Å². The summed E-state index contributed by atoms with van der Waals surface area (Å²) in [5.41, 5.74) is 4.05. The molecule has 3 aliphatic rings. The van der Waals surface area contributed by atoms with E-state index in [0.717, 1.165) is 59.8 Å². The normalized spacial score (nSPS) is 20.5. The van der Waals surface area contributed by atoms with Gasteiger partial charge in [-0.25, -0.2) is 8.78 Å². The number of anilines is 1. The number of carbonyl (C=O) groups is 2. The Balaban J connectivity index is 1.39. The largest absolute Gasteiger partial charge is 0.330 e. The van der Waals surface area contributed by atoms with Crippen molar-refractivity contribution in [2.24, 2.45) is 5.41 Å². The number of carbonyl (C=O) groups excluding carboxylic acids is 2. The molecule has 1 N–H and O–H groups in total. The summed E-state index contributed by atoms with van der Waals surface area (Å²) in [7, 11) is 0.